The molecule has 0 saturated heterocycles. The summed E-state index contributed by atoms with van der Waals surface area (Å²) in [6, 6.07) is 27.8. The van der Waals surface area contributed by atoms with E-state index in [0.29, 0.717) is 11.4 Å². The Morgan fingerprint density at radius 1 is 0.864 bits per heavy atom. The van der Waals surface area contributed by atoms with E-state index in [4.69, 9.17) is 11.6 Å². The standard InChI is InChI=1S/C34H35ClFN3O4S/c1-3-25(2)37-34(41)32(22-26-12-6-4-7-13-26)38(23-27-14-10-11-17-31(27)36)33(40)24-39(29-15-8-5-9-16-29)44(42,43)30-20-18-28(35)19-21-30/h4-21,25,32H,3,22-24H2,1-2H3,(H,37,41)/t25-,32+/m1/s1. The third-order valence-electron chi connectivity index (χ3n) is 7.30. The third kappa shape index (κ3) is 8.24. The fourth-order valence-electron chi connectivity index (χ4n) is 4.66. The molecule has 0 saturated carbocycles. The summed E-state index contributed by atoms with van der Waals surface area (Å²) in [5, 5.41) is 3.32. The van der Waals surface area contributed by atoms with Crippen LogP contribution >= 0.6 is 11.6 Å². The van der Waals surface area contributed by atoms with Gasteiger partial charge in [-0.3, -0.25) is 13.9 Å². The number of para-hydroxylation sites is 1. The number of anilines is 1. The molecule has 0 fully saturated rings. The van der Waals surface area contributed by atoms with E-state index in [-0.39, 0.29) is 35.2 Å². The fraction of sp³-hybridized carbons (Fsp3) is 0.235. The van der Waals surface area contributed by atoms with Gasteiger partial charge in [0.1, 0.15) is 18.4 Å². The second-order valence-corrected chi connectivity index (χ2v) is 12.7. The topological polar surface area (TPSA) is 86.8 Å². The molecule has 230 valence electrons. The van der Waals surface area contributed by atoms with E-state index in [2.05, 4.69) is 5.32 Å². The number of carbonyl (C=O) groups excluding carboxylic acids is 2. The minimum Gasteiger partial charge on any atom is -0.352 e. The molecule has 10 heteroatoms. The molecular formula is C34H35ClFN3O4S. The Morgan fingerprint density at radius 2 is 1.45 bits per heavy atom. The molecule has 2 atom stereocenters. The average Bonchev–Trinajstić information content (AvgIpc) is 3.03. The van der Waals surface area contributed by atoms with Gasteiger partial charge in [-0.25, -0.2) is 12.8 Å². The Bertz CT molecular complexity index is 1660. The van der Waals surface area contributed by atoms with E-state index >= 15 is 0 Å². The summed E-state index contributed by atoms with van der Waals surface area (Å²) in [5.41, 5.74) is 1.24. The summed E-state index contributed by atoms with van der Waals surface area (Å²) < 4.78 is 43.9. The SMILES string of the molecule is CC[C@@H](C)NC(=O)[C@H](Cc1ccccc1)N(Cc1ccccc1F)C(=O)CN(c1ccccc1)S(=O)(=O)c1ccc(Cl)cc1. The van der Waals surface area contributed by atoms with Crippen molar-refractivity contribution in [1.82, 2.24) is 10.2 Å². The van der Waals surface area contributed by atoms with Gasteiger partial charge in [0, 0.05) is 29.6 Å². The number of nitrogens with zero attached hydrogens (tertiary/aromatic N) is 2. The van der Waals surface area contributed by atoms with Crippen molar-refractivity contribution < 1.29 is 22.4 Å². The Hall–Kier alpha value is -4.21. The second kappa shape index (κ2) is 15.0. The molecule has 0 unspecified atom stereocenters. The zero-order valence-electron chi connectivity index (χ0n) is 24.6. The molecule has 0 heterocycles. The van der Waals surface area contributed by atoms with Crippen LogP contribution < -0.4 is 9.62 Å². The number of hydrogen-bond acceptors (Lipinski definition) is 4. The van der Waals surface area contributed by atoms with Crippen LogP contribution in [0.15, 0.2) is 114 Å². The highest BCUT2D eigenvalue weighted by Gasteiger charge is 2.35. The zero-order valence-corrected chi connectivity index (χ0v) is 26.1. The van der Waals surface area contributed by atoms with Gasteiger partial charge in [-0.1, -0.05) is 85.3 Å². The Labute approximate surface area is 263 Å². The molecule has 0 aliphatic rings. The number of halogens is 2. The molecule has 1 N–H and O–H groups in total. The van der Waals surface area contributed by atoms with Crippen LogP contribution in [-0.2, 0) is 32.6 Å². The first kappa shape index (κ1) is 32.7. The maximum absolute atomic E-state index is 15.0. The predicted octanol–water partition coefficient (Wildman–Crippen LogP) is 6.23. The van der Waals surface area contributed by atoms with Crippen molar-refractivity contribution in [3.8, 4) is 0 Å². The van der Waals surface area contributed by atoms with Crippen molar-refractivity contribution in [3.63, 3.8) is 0 Å². The van der Waals surface area contributed by atoms with Gasteiger partial charge in [0.05, 0.1) is 10.6 Å². The number of sulfonamides is 1. The van der Waals surface area contributed by atoms with E-state index in [1.807, 2.05) is 44.2 Å². The first-order chi connectivity index (χ1) is 21.1. The Kier molecular flexibility index (Phi) is 11.1. The molecule has 0 aliphatic heterocycles. The first-order valence-corrected chi connectivity index (χ1v) is 16.1. The predicted molar refractivity (Wildman–Crippen MR) is 171 cm³/mol. The van der Waals surface area contributed by atoms with Crippen LogP contribution in [0.1, 0.15) is 31.4 Å². The summed E-state index contributed by atoms with van der Waals surface area (Å²) in [6.45, 7) is 2.90. The largest absolute Gasteiger partial charge is 0.352 e. The minimum absolute atomic E-state index is 0.0606. The molecule has 0 aromatic heterocycles. The van der Waals surface area contributed by atoms with Crippen LogP contribution in [0.2, 0.25) is 5.02 Å². The molecule has 4 aromatic carbocycles. The zero-order chi connectivity index (χ0) is 31.7. The van der Waals surface area contributed by atoms with E-state index < -0.39 is 40.2 Å². The molecule has 7 nitrogen and oxygen atoms in total. The number of amides is 2. The van der Waals surface area contributed by atoms with E-state index in [9.17, 15) is 22.4 Å². The molecule has 0 aliphatic carbocycles. The molecule has 0 radical (unpaired) electrons. The van der Waals surface area contributed by atoms with Crippen molar-refractivity contribution >= 4 is 39.1 Å². The summed E-state index contributed by atoms with van der Waals surface area (Å²) in [4.78, 5) is 29.4. The van der Waals surface area contributed by atoms with Crippen LogP contribution in [0.25, 0.3) is 0 Å². The van der Waals surface area contributed by atoms with Gasteiger partial charge < -0.3 is 10.2 Å². The number of hydrogen-bond donors (Lipinski definition) is 1. The van der Waals surface area contributed by atoms with Gasteiger partial charge >= 0.3 is 0 Å². The normalized spacial score (nSPS) is 12.6. The number of benzene rings is 4. The summed E-state index contributed by atoms with van der Waals surface area (Å²) >= 11 is 6.01. The lowest BCUT2D eigenvalue weighted by molar-refractivity contribution is -0.140. The lowest BCUT2D eigenvalue weighted by Gasteiger charge is -2.34. The first-order valence-electron chi connectivity index (χ1n) is 14.3. The summed E-state index contributed by atoms with van der Waals surface area (Å²) in [7, 11) is -4.26. The molecular weight excluding hydrogens is 601 g/mol. The molecule has 0 bridgehead atoms. The summed E-state index contributed by atoms with van der Waals surface area (Å²) in [6.07, 6.45) is 0.796. The van der Waals surface area contributed by atoms with Gasteiger partial charge in [0.25, 0.3) is 10.0 Å². The van der Waals surface area contributed by atoms with Crippen LogP contribution in [-0.4, -0.2) is 43.8 Å². The second-order valence-electron chi connectivity index (χ2n) is 10.4. The third-order valence-corrected chi connectivity index (χ3v) is 9.34. The van der Waals surface area contributed by atoms with Crippen molar-refractivity contribution in [1.29, 1.82) is 0 Å². The molecule has 0 spiro atoms. The highest BCUT2D eigenvalue weighted by molar-refractivity contribution is 7.92. The molecule has 4 rings (SSSR count). The Morgan fingerprint density at radius 3 is 2.07 bits per heavy atom. The average molecular weight is 636 g/mol. The minimum atomic E-state index is -4.26. The molecule has 4 aromatic rings. The van der Waals surface area contributed by atoms with Gasteiger partial charge in [-0.2, -0.15) is 0 Å². The van der Waals surface area contributed by atoms with Crippen molar-refractivity contribution in [2.45, 2.75) is 50.2 Å². The lowest BCUT2D eigenvalue weighted by Crippen LogP contribution is -2.54. The van der Waals surface area contributed by atoms with Gasteiger partial charge in [0.15, 0.2) is 0 Å². The van der Waals surface area contributed by atoms with Crippen molar-refractivity contribution in [3.05, 3.63) is 131 Å². The van der Waals surface area contributed by atoms with Gasteiger partial charge in [0.2, 0.25) is 11.8 Å². The van der Waals surface area contributed by atoms with Crippen LogP contribution in [0.3, 0.4) is 0 Å². The van der Waals surface area contributed by atoms with E-state index in [0.717, 1.165) is 9.87 Å². The van der Waals surface area contributed by atoms with Crippen LogP contribution in [0.5, 0.6) is 0 Å². The fourth-order valence-corrected chi connectivity index (χ4v) is 6.20. The monoisotopic (exact) mass is 635 g/mol. The van der Waals surface area contributed by atoms with E-state index in [1.54, 1.807) is 42.5 Å². The number of carbonyl (C=O) groups is 2. The number of nitrogens with one attached hydrogen (secondary N) is 1. The van der Waals surface area contributed by atoms with Gasteiger partial charge in [-0.05, 0) is 61.4 Å². The highest BCUT2D eigenvalue weighted by atomic mass is 35.5. The van der Waals surface area contributed by atoms with Crippen molar-refractivity contribution in [2.24, 2.45) is 0 Å². The van der Waals surface area contributed by atoms with Crippen molar-refractivity contribution in [2.75, 3.05) is 10.8 Å². The van der Waals surface area contributed by atoms with Gasteiger partial charge in [-0.15, -0.1) is 0 Å². The molecule has 2 amide bonds. The quantitative estimate of drug-likeness (QED) is 0.189. The number of rotatable bonds is 13. The smallest absolute Gasteiger partial charge is 0.264 e. The molecule has 44 heavy (non-hydrogen) atoms. The Balaban J connectivity index is 1.80. The van der Waals surface area contributed by atoms with Crippen LogP contribution in [0, 0.1) is 5.82 Å². The van der Waals surface area contributed by atoms with E-state index in [1.165, 1.54) is 41.3 Å². The maximum Gasteiger partial charge on any atom is 0.264 e. The maximum atomic E-state index is 15.0. The van der Waals surface area contributed by atoms with Crippen LogP contribution in [0.4, 0.5) is 10.1 Å². The lowest BCUT2D eigenvalue weighted by atomic mass is 10.0. The highest BCUT2D eigenvalue weighted by Crippen LogP contribution is 2.26. The summed E-state index contributed by atoms with van der Waals surface area (Å²) in [5.74, 6) is -1.63.